The van der Waals surface area contributed by atoms with Crippen LogP contribution < -0.4 is 11.0 Å². The number of hydrazone groups is 1. The molecule has 0 bridgehead atoms. The van der Waals surface area contributed by atoms with Crippen LogP contribution in [0.3, 0.4) is 0 Å². The van der Waals surface area contributed by atoms with Crippen molar-refractivity contribution in [3.63, 3.8) is 0 Å². The minimum absolute atomic E-state index is 0.138. The number of amides is 1. The van der Waals surface area contributed by atoms with E-state index in [-0.39, 0.29) is 12.1 Å². The molecule has 1 aromatic heterocycles. The lowest BCUT2D eigenvalue weighted by Crippen LogP contribution is -2.31. The predicted octanol–water partition coefficient (Wildman–Crippen LogP) is 2.51. The smallest absolute Gasteiger partial charge is 0.272 e. The minimum atomic E-state index is -0.400. The second-order valence-corrected chi connectivity index (χ2v) is 5.86. The van der Waals surface area contributed by atoms with E-state index in [0.717, 1.165) is 5.56 Å². The molecule has 0 radical (unpaired) electrons. The molecule has 6 nitrogen and oxygen atoms in total. The van der Waals surface area contributed by atoms with Gasteiger partial charge in [0, 0.05) is 5.02 Å². The van der Waals surface area contributed by atoms with Crippen molar-refractivity contribution in [2.75, 3.05) is 0 Å². The van der Waals surface area contributed by atoms with Gasteiger partial charge in [-0.05, 0) is 36.8 Å². The lowest BCUT2D eigenvalue weighted by Gasteiger charge is -2.09. The largest absolute Gasteiger partial charge is 0.296 e. The van der Waals surface area contributed by atoms with Crippen LogP contribution in [-0.4, -0.2) is 21.7 Å². The fourth-order valence-corrected chi connectivity index (χ4v) is 2.51. The van der Waals surface area contributed by atoms with Gasteiger partial charge in [0.2, 0.25) is 0 Å². The Labute approximate surface area is 148 Å². The molecule has 1 heterocycles. The molecule has 1 N–H and O–H groups in total. The van der Waals surface area contributed by atoms with Gasteiger partial charge < -0.3 is 0 Å². The Morgan fingerprint density at radius 2 is 1.96 bits per heavy atom. The summed E-state index contributed by atoms with van der Waals surface area (Å²) in [5, 5.41) is 4.53. The highest BCUT2D eigenvalue weighted by Gasteiger charge is 2.10. The van der Waals surface area contributed by atoms with Crippen LogP contribution in [0, 0.1) is 6.92 Å². The zero-order valence-corrected chi connectivity index (χ0v) is 14.2. The van der Waals surface area contributed by atoms with Crippen LogP contribution in [0.25, 0.3) is 11.0 Å². The summed E-state index contributed by atoms with van der Waals surface area (Å²) in [7, 11) is 0. The number of hydrogen-bond acceptors (Lipinski definition) is 4. The van der Waals surface area contributed by atoms with Gasteiger partial charge in [-0.25, -0.2) is 10.4 Å². The van der Waals surface area contributed by atoms with Crippen LogP contribution in [0.5, 0.6) is 0 Å². The number of carbonyl (C=O) groups excluding carboxylic acids is 1. The number of nitrogens with zero attached hydrogens (tertiary/aromatic N) is 3. The van der Waals surface area contributed by atoms with Crippen molar-refractivity contribution in [3.05, 3.63) is 75.2 Å². The van der Waals surface area contributed by atoms with Gasteiger partial charge in [0.15, 0.2) is 0 Å². The van der Waals surface area contributed by atoms with Crippen molar-refractivity contribution in [1.82, 2.24) is 15.0 Å². The number of para-hydroxylation sites is 2. The van der Waals surface area contributed by atoms with E-state index in [2.05, 4.69) is 15.5 Å². The number of aryl methyl sites for hydroxylation is 1. The molecule has 25 heavy (non-hydrogen) atoms. The molecule has 0 fully saturated rings. The first-order valence-electron chi connectivity index (χ1n) is 7.58. The van der Waals surface area contributed by atoms with Gasteiger partial charge in [-0.1, -0.05) is 35.9 Å². The summed E-state index contributed by atoms with van der Waals surface area (Å²) in [6.07, 6.45) is 1.51. The molecule has 126 valence electrons. The normalized spacial score (nSPS) is 11.1. The number of rotatable bonds is 4. The maximum atomic E-state index is 12.3. The third-order valence-corrected chi connectivity index (χ3v) is 3.84. The first kappa shape index (κ1) is 16.9. The third kappa shape index (κ3) is 3.92. The van der Waals surface area contributed by atoms with Crippen LogP contribution in [-0.2, 0) is 11.3 Å². The van der Waals surface area contributed by atoms with Crippen molar-refractivity contribution in [1.29, 1.82) is 0 Å². The first-order valence-corrected chi connectivity index (χ1v) is 7.96. The Morgan fingerprint density at radius 1 is 1.24 bits per heavy atom. The zero-order valence-electron chi connectivity index (χ0n) is 13.4. The van der Waals surface area contributed by atoms with Crippen molar-refractivity contribution in [2.24, 2.45) is 5.10 Å². The molecule has 0 atom stereocenters. The second-order valence-electron chi connectivity index (χ2n) is 5.42. The Bertz CT molecular complexity index is 1010. The molecule has 0 aliphatic rings. The molecule has 0 saturated heterocycles. The van der Waals surface area contributed by atoms with E-state index in [1.54, 1.807) is 49.4 Å². The van der Waals surface area contributed by atoms with E-state index < -0.39 is 5.91 Å². The van der Waals surface area contributed by atoms with Crippen molar-refractivity contribution >= 4 is 34.8 Å². The molecule has 0 unspecified atom stereocenters. The molecule has 0 aliphatic carbocycles. The van der Waals surface area contributed by atoms with Crippen molar-refractivity contribution < 1.29 is 4.79 Å². The fourth-order valence-electron chi connectivity index (χ4n) is 2.38. The Morgan fingerprint density at radius 3 is 2.72 bits per heavy atom. The summed E-state index contributed by atoms with van der Waals surface area (Å²) in [6.45, 7) is 1.49. The monoisotopic (exact) mass is 354 g/mol. The Hall–Kier alpha value is -2.99. The molecule has 3 rings (SSSR count). The molecule has 0 aliphatic heterocycles. The topological polar surface area (TPSA) is 76.3 Å². The molecular weight excluding hydrogens is 340 g/mol. The van der Waals surface area contributed by atoms with E-state index in [1.165, 1.54) is 10.8 Å². The van der Waals surface area contributed by atoms with E-state index in [9.17, 15) is 9.59 Å². The SMILES string of the molecule is Cc1nc2ccccc2n(CC(=O)NN=Cc2ccc(Cl)cc2)c1=O. The number of carbonyl (C=O) groups is 1. The standard InChI is InChI=1S/C18H15ClN4O2/c1-12-18(25)23(16-5-3-2-4-15(16)21-12)11-17(24)22-20-10-13-6-8-14(19)9-7-13/h2-10H,11H2,1H3,(H,22,24). The molecule has 2 aromatic carbocycles. The number of halogens is 1. The van der Waals surface area contributed by atoms with E-state index in [0.29, 0.717) is 21.7 Å². The maximum absolute atomic E-state index is 12.3. The highest BCUT2D eigenvalue weighted by molar-refractivity contribution is 6.30. The highest BCUT2D eigenvalue weighted by atomic mass is 35.5. The fraction of sp³-hybridized carbons (Fsp3) is 0.111. The van der Waals surface area contributed by atoms with Crippen LogP contribution >= 0.6 is 11.6 Å². The molecule has 1 amide bonds. The van der Waals surface area contributed by atoms with E-state index >= 15 is 0 Å². The molecule has 7 heteroatoms. The number of benzene rings is 2. The van der Waals surface area contributed by atoms with Gasteiger partial charge in [0.05, 0.1) is 17.2 Å². The van der Waals surface area contributed by atoms with Crippen LogP contribution in [0.15, 0.2) is 58.4 Å². The summed E-state index contributed by atoms with van der Waals surface area (Å²) >= 11 is 5.81. The Kier molecular flexibility index (Phi) is 4.90. The lowest BCUT2D eigenvalue weighted by atomic mass is 10.2. The van der Waals surface area contributed by atoms with Gasteiger partial charge >= 0.3 is 0 Å². The zero-order chi connectivity index (χ0) is 17.8. The van der Waals surface area contributed by atoms with E-state index in [1.807, 2.05) is 6.07 Å². The molecule has 3 aromatic rings. The summed E-state index contributed by atoms with van der Waals surface area (Å²) < 4.78 is 1.39. The average Bonchev–Trinajstić information content (AvgIpc) is 2.60. The average molecular weight is 355 g/mol. The van der Waals surface area contributed by atoms with Crippen LogP contribution in [0.1, 0.15) is 11.3 Å². The van der Waals surface area contributed by atoms with Crippen molar-refractivity contribution in [2.45, 2.75) is 13.5 Å². The van der Waals surface area contributed by atoms with Gasteiger partial charge in [-0.3, -0.25) is 14.2 Å². The molecular formula is C18H15ClN4O2. The van der Waals surface area contributed by atoms with Crippen LogP contribution in [0.4, 0.5) is 0 Å². The molecule has 0 spiro atoms. The first-order chi connectivity index (χ1) is 12.0. The van der Waals surface area contributed by atoms with Gasteiger partial charge in [0.1, 0.15) is 12.2 Å². The van der Waals surface area contributed by atoms with Crippen molar-refractivity contribution in [3.8, 4) is 0 Å². The quantitative estimate of drug-likeness (QED) is 0.577. The minimum Gasteiger partial charge on any atom is -0.296 e. The number of hydrogen-bond donors (Lipinski definition) is 1. The molecule has 0 saturated carbocycles. The van der Waals surface area contributed by atoms with E-state index in [4.69, 9.17) is 11.6 Å². The maximum Gasteiger partial charge on any atom is 0.272 e. The van der Waals surface area contributed by atoms with Gasteiger partial charge in [-0.15, -0.1) is 0 Å². The summed E-state index contributed by atoms with van der Waals surface area (Å²) in [5.41, 5.74) is 4.54. The van der Waals surface area contributed by atoms with Gasteiger partial charge in [-0.2, -0.15) is 5.10 Å². The van der Waals surface area contributed by atoms with Gasteiger partial charge in [0.25, 0.3) is 11.5 Å². The number of nitrogens with one attached hydrogen (secondary N) is 1. The number of fused-ring (bicyclic) bond motifs is 1. The highest BCUT2D eigenvalue weighted by Crippen LogP contribution is 2.10. The number of aromatic nitrogens is 2. The summed E-state index contributed by atoms with van der Waals surface area (Å²) in [4.78, 5) is 28.7. The lowest BCUT2D eigenvalue weighted by molar-refractivity contribution is -0.121. The summed E-state index contributed by atoms with van der Waals surface area (Å²) in [5.74, 6) is -0.400. The summed E-state index contributed by atoms with van der Waals surface area (Å²) in [6, 6.07) is 14.2. The second kappa shape index (κ2) is 7.27. The van der Waals surface area contributed by atoms with Crippen LogP contribution in [0.2, 0.25) is 5.02 Å². The predicted molar refractivity (Wildman–Crippen MR) is 97.9 cm³/mol. The third-order valence-electron chi connectivity index (χ3n) is 3.59. The Balaban J connectivity index is 1.77.